The standard InChI is InChI=1S/C15H30BrN/c1-14-12-15(2)17(13-14)11-9-7-5-3-4-6-8-10-16/h14-15H,3-13H2,1-2H3. The molecule has 1 rings (SSSR count). The number of rotatable bonds is 9. The molecule has 0 aliphatic carbocycles. The molecule has 1 heterocycles. The molecule has 0 saturated carbocycles. The lowest BCUT2D eigenvalue weighted by Gasteiger charge is -2.20. The Balaban J connectivity index is 1.87. The largest absolute Gasteiger partial charge is 0.300 e. The van der Waals surface area contributed by atoms with Gasteiger partial charge in [0, 0.05) is 17.9 Å². The molecule has 1 aliphatic rings. The topological polar surface area (TPSA) is 3.24 Å². The molecule has 1 saturated heterocycles. The number of halogens is 1. The highest BCUT2D eigenvalue weighted by molar-refractivity contribution is 9.09. The lowest BCUT2D eigenvalue weighted by atomic mass is 10.1. The van der Waals surface area contributed by atoms with Crippen molar-refractivity contribution in [2.24, 2.45) is 5.92 Å². The SMILES string of the molecule is CC1CC(C)N(CCCCCCCCCBr)C1. The first-order chi connectivity index (χ1) is 8.24. The summed E-state index contributed by atoms with van der Waals surface area (Å²) in [5, 5.41) is 1.18. The molecular formula is C15H30BrN. The molecule has 1 aliphatic heterocycles. The first-order valence-corrected chi connectivity index (χ1v) is 8.66. The minimum Gasteiger partial charge on any atom is -0.300 e. The third kappa shape index (κ3) is 6.81. The maximum absolute atomic E-state index is 3.49. The quantitative estimate of drug-likeness (QED) is 0.435. The molecule has 0 N–H and O–H groups in total. The van der Waals surface area contributed by atoms with Gasteiger partial charge in [0.25, 0.3) is 0 Å². The van der Waals surface area contributed by atoms with Crippen LogP contribution < -0.4 is 0 Å². The Kier molecular flexibility index (Phi) is 8.55. The van der Waals surface area contributed by atoms with Gasteiger partial charge >= 0.3 is 0 Å². The van der Waals surface area contributed by atoms with Crippen LogP contribution in [0.25, 0.3) is 0 Å². The summed E-state index contributed by atoms with van der Waals surface area (Å²) in [4.78, 5) is 2.69. The molecule has 1 nitrogen and oxygen atoms in total. The molecule has 0 spiro atoms. The average molecular weight is 304 g/mol. The summed E-state index contributed by atoms with van der Waals surface area (Å²) in [6.45, 7) is 7.46. The van der Waals surface area contributed by atoms with Gasteiger partial charge < -0.3 is 4.90 Å². The first kappa shape index (κ1) is 15.5. The molecule has 2 atom stereocenters. The highest BCUT2D eigenvalue weighted by Gasteiger charge is 2.24. The van der Waals surface area contributed by atoms with Crippen LogP contribution in [0.15, 0.2) is 0 Å². The number of likely N-dealkylation sites (tertiary alicyclic amines) is 1. The predicted molar refractivity (Wildman–Crippen MR) is 80.9 cm³/mol. The number of nitrogens with zero attached hydrogens (tertiary/aromatic N) is 1. The molecule has 2 heteroatoms. The van der Waals surface area contributed by atoms with E-state index in [1.165, 1.54) is 69.8 Å². The molecular weight excluding hydrogens is 274 g/mol. The molecule has 2 unspecified atom stereocenters. The Morgan fingerprint density at radius 2 is 1.53 bits per heavy atom. The van der Waals surface area contributed by atoms with Gasteiger partial charge in [0.1, 0.15) is 0 Å². The van der Waals surface area contributed by atoms with Crippen molar-refractivity contribution in [3.63, 3.8) is 0 Å². The Morgan fingerprint density at radius 3 is 2.06 bits per heavy atom. The zero-order valence-electron chi connectivity index (χ0n) is 11.8. The van der Waals surface area contributed by atoms with Crippen LogP contribution in [0.3, 0.4) is 0 Å². The van der Waals surface area contributed by atoms with E-state index >= 15 is 0 Å². The smallest absolute Gasteiger partial charge is 0.00700 e. The van der Waals surface area contributed by atoms with Crippen LogP contribution in [0.2, 0.25) is 0 Å². The van der Waals surface area contributed by atoms with Crippen LogP contribution in [0.1, 0.15) is 65.2 Å². The Labute approximate surface area is 116 Å². The summed E-state index contributed by atoms with van der Waals surface area (Å²) >= 11 is 3.49. The van der Waals surface area contributed by atoms with Gasteiger partial charge in [0.2, 0.25) is 0 Å². The molecule has 0 aromatic heterocycles. The Morgan fingerprint density at radius 1 is 0.941 bits per heavy atom. The van der Waals surface area contributed by atoms with Crippen LogP contribution in [-0.2, 0) is 0 Å². The van der Waals surface area contributed by atoms with E-state index in [1.54, 1.807) is 0 Å². The summed E-state index contributed by atoms with van der Waals surface area (Å²) in [5.41, 5.74) is 0. The van der Waals surface area contributed by atoms with Gasteiger partial charge in [0.05, 0.1) is 0 Å². The van der Waals surface area contributed by atoms with Crippen LogP contribution in [0.5, 0.6) is 0 Å². The van der Waals surface area contributed by atoms with Gasteiger partial charge in [-0.3, -0.25) is 0 Å². The minimum absolute atomic E-state index is 0.837. The van der Waals surface area contributed by atoms with E-state index in [0.717, 1.165) is 12.0 Å². The third-order valence-electron chi connectivity index (χ3n) is 3.99. The van der Waals surface area contributed by atoms with Crippen LogP contribution in [0, 0.1) is 5.92 Å². The molecule has 1 fully saturated rings. The Hall–Kier alpha value is 0.440. The van der Waals surface area contributed by atoms with E-state index in [2.05, 4.69) is 34.7 Å². The van der Waals surface area contributed by atoms with Crippen molar-refractivity contribution in [1.82, 2.24) is 4.90 Å². The highest BCUT2D eigenvalue weighted by Crippen LogP contribution is 2.22. The number of unbranched alkanes of at least 4 members (excludes halogenated alkanes) is 6. The third-order valence-corrected chi connectivity index (χ3v) is 4.55. The van der Waals surface area contributed by atoms with E-state index in [4.69, 9.17) is 0 Å². The second kappa shape index (κ2) is 9.38. The van der Waals surface area contributed by atoms with Crippen molar-refractivity contribution in [2.75, 3.05) is 18.4 Å². The summed E-state index contributed by atoms with van der Waals surface area (Å²) in [5.74, 6) is 0.925. The van der Waals surface area contributed by atoms with Gasteiger partial charge in [-0.15, -0.1) is 0 Å². The summed E-state index contributed by atoms with van der Waals surface area (Å²) < 4.78 is 0. The number of hydrogen-bond donors (Lipinski definition) is 0. The molecule has 0 aromatic carbocycles. The van der Waals surface area contributed by atoms with Crippen molar-refractivity contribution in [3.05, 3.63) is 0 Å². The first-order valence-electron chi connectivity index (χ1n) is 7.54. The predicted octanol–water partition coefficient (Wildman–Crippen LogP) is 4.84. The zero-order chi connectivity index (χ0) is 12.5. The molecule has 102 valence electrons. The van der Waals surface area contributed by atoms with E-state index in [9.17, 15) is 0 Å². The molecule has 0 aromatic rings. The van der Waals surface area contributed by atoms with Gasteiger partial charge in [-0.2, -0.15) is 0 Å². The second-order valence-corrected chi connectivity index (χ2v) is 6.64. The lowest BCUT2D eigenvalue weighted by Crippen LogP contribution is -2.28. The second-order valence-electron chi connectivity index (χ2n) is 5.85. The average Bonchev–Trinajstić information content (AvgIpc) is 2.61. The van der Waals surface area contributed by atoms with Crippen molar-refractivity contribution in [1.29, 1.82) is 0 Å². The van der Waals surface area contributed by atoms with E-state index in [-0.39, 0.29) is 0 Å². The highest BCUT2D eigenvalue weighted by atomic mass is 79.9. The molecule has 0 radical (unpaired) electrons. The van der Waals surface area contributed by atoms with E-state index in [0.29, 0.717) is 0 Å². The zero-order valence-corrected chi connectivity index (χ0v) is 13.3. The van der Waals surface area contributed by atoms with Crippen LogP contribution in [0.4, 0.5) is 0 Å². The molecule has 0 bridgehead atoms. The molecule has 17 heavy (non-hydrogen) atoms. The fraction of sp³-hybridized carbons (Fsp3) is 1.00. The fourth-order valence-corrected chi connectivity index (χ4v) is 3.39. The van der Waals surface area contributed by atoms with E-state index in [1.807, 2.05) is 0 Å². The fourth-order valence-electron chi connectivity index (χ4n) is 2.99. The van der Waals surface area contributed by atoms with E-state index < -0.39 is 0 Å². The maximum Gasteiger partial charge on any atom is 0.00700 e. The van der Waals surface area contributed by atoms with Crippen molar-refractivity contribution in [2.45, 2.75) is 71.3 Å². The van der Waals surface area contributed by atoms with Gasteiger partial charge in [-0.1, -0.05) is 55.0 Å². The van der Waals surface area contributed by atoms with Crippen molar-refractivity contribution in [3.8, 4) is 0 Å². The Bertz CT molecular complexity index is 184. The normalized spacial score (nSPS) is 25.6. The van der Waals surface area contributed by atoms with Gasteiger partial charge in [0.15, 0.2) is 0 Å². The van der Waals surface area contributed by atoms with Crippen molar-refractivity contribution < 1.29 is 0 Å². The summed E-state index contributed by atoms with van der Waals surface area (Å²) in [6.07, 6.45) is 11.3. The summed E-state index contributed by atoms with van der Waals surface area (Å²) in [7, 11) is 0. The molecule has 0 amide bonds. The minimum atomic E-state index is 0.837. The van der Waals surface area contributed by atoms with Crippen molar-refractivity contribution >= 4 is 15.9 Å². The number of alkyl halides is 1. The van der Waals surface area contributed by atoms with Crippen LogP contribution >= 0.6 is 15.9 Å². The lowest BCUT2D eigenvalue weighted by molar-refractivity contribution is 0.258. The monoisotopic (exact) mass is 303 g/mol. The number of hydrogen-bond acceptors (Lipinski definition) is 1. The van der Waals surface area contributed by atoms with Crippen LogP contribution in [-0.4, -0.2) is 29.4 Å². The van der Waals surface area contributed by atoms with Gasteiger partial charge in [-0.05, 0) is 38.6 Å². The maximum atomic E-state index is 3.49. The van der Waals surface area contributed by atoms with Gasteiger partial charge in [-0.25, -0.2) is 0 Å². The summed E-state index contributed by atoms with van der Waals surface area (Å²) in [6, 6.07) is 0.837.